The third-order valence-electron chi connectivity index (χ3n) is 18.6. The molecule has 620 valence electrons. The van der Waals surface area contributed by atoms with Crippen molar-refractivity contribution in [2.75, 3.05) is 65.4 Å². The number of carbonyl (C=O) groups excluding carboxylic acids is 19. The Bertz CT molecular complexity index is 4600. The van der Waals surface area contributed by atoms with Crippen LogP contribution in [0.15, 0.2) is 86.0 Å². The fraction of sp³-hybridized carbons (Fsp3) is 0.431. The number of para-hydroxylation sites is 2. The van der Waals surface area contributed by atoms with Crippen LogP contribution in [0.3, 0.4) is 0 Å². The van der Waals surface area contributed by atoms with Crippen LogP contribution in [0.4, 0.5) is 0 Å². The van der Waals surface area contributed by atoms with Crippen LogP contribution in [0.1, 0.15) is 80.8 Å². The number of H-pyrrole nitrogens is 4. The second-order valence-corrected chi connectivity index (χ2v) is 27.2. The molecule has 2 aliphatic heterocycles. The van der Waals surface area contributed by atoms with Gasteiger partial charge in [0.05, 0.1) is 76.4 Å². The predicted octanol–water partition coefficient (Wildman–Crippen LogP) is -8.78. The number of hydrogen-bond donors (Lipinski definition) is 21. The largest absolute Gasteiger partial charge is 0.370 e. The molecule has 8 atom stereocenters. The Labute approximate surface area is 660 Å². The van der Waals surface area contributed by atoms with Crippen LogP contribution in [0.2, 0.25) is 0 Å². The summed E-state index contributed by atoms with van der Waals surface area (Å²) in [4.78, 5) is 272. The molecule has 24 N–H and O–H groups in total. The molecule has 0 spiro atoms. The van der Waals surface area contributed by atoms with E-state index in [0.29, 0.717) is 58.0 Å². The fourth-order valence-electron chi connectivity index (χ4n) is 12.8. The zero-order chi connectivity index (χ0) is 84.0. The lowest BCUT2D eigenvalue weighted by Crippen LogP contribution is -2.58. The van der Waals surface area contributed by atoms with E-state index < -0.39 is 213 Å². The molecular formula is C72H93N25O19. The van der Waals surface area contributed by atoms with E-state index in [9.17, 15) is 91.1 Å². The van der Waals surface area contributed by atoms with Crippen LogP contribution in [0, 0.1) is 0 Å². The van der Waals surface area contributed by atoms with E-state index >= 15 is 0 Å². The quantitative estimate of drug-likeness (QED) is 0.0169. The number of fused-ring (bicyclic) bond motifs is 2. The van der Waals surface area contributed by atoms with Gasteiger partial charge in [0.1, 0.15) is 48.3 Å². The molecule has 6 heterocycles. The van der Waals surface area contributed by atoms with Crippen molar-refractivity contribution in [3.63, 3.8) is 0 Å². The Morgan fingerprint density at radius 3 is 1.12 bits per heavy atom. The first-order valence-corrected chi connectivity index (χ1v) is 36.9. The van der Waals surface area contributed by atoms with Gasteiger partial charge in [-0.25, -0.2) is 9.97 Å². The summed E-state index contributed by atoms with van der Waals surface area (Å²) < 4.78 is 0. The minimum Gasteiger partial charge on any atom is -0.370 e. The zero-order valence-corrected chi connectivity index (χ0v) is 63.0. The Morgan fingerprint density at radius 1 is 0.405 bits per heavy atom. The molecule has 0 aliphatic carbocycles. The number of aromatic nitrogens is 6. The zero-order valence-electron chi connectivity index (χ0n) is 63.0. The van der Waals surface area contributed by atoms with Gasteiger partial charge in [0.25, 0.3) is 0 Å². The summed E-state index contributed by atoms with van der Waals surface area (Å²) >= 11 is 0. The van der Waals surface area contributed by atoms with E-state index in [2.05, 4.69) is 104 Å². The lowest BCUT2D eigenvalue weighted by Gasteiger charge is -2.30. The normalized spacial score (nSPS) is 15.1. The van der Waals surface area contributed by atoms with Gasteiger partial charge in [-0.15, -0.1) is 0 Å². The molecular weight excluding hydrogens is 1520 g/mol. The average molecular weight is 1610 g/mol. The molecule has 2 aliphatic rings. The number of nitrogens with two attached hydrogens (primary N) is 3. The van der Waals surface area contributed by atoms with Gasteiger partial charge < -0.3 is 121 Å². The Kier molecular flexibility index (Phi) is 32.5. The molecule has 2 aromatic carbocycles. The van der Waals surface area contributed by atoms with E-state index in [1.165, 1.54) is 36.9 Å². The summed E-state index contributed by atoms with van der Waals surface area (Å²) in [5.74, 6) is -15.6. The summed E-state index contributed by atoms with van der Waals surface area (Å²) in [6, 6.07) is 3.80. The molecule has 2 saturated heterocycles. The van der Waals surface area contributed by atoms with Crippen molar-refractivity contribution in [2.24, 2.45) is 17.2 Å². The van der Waals surface area contributed by atoms with Crippen LogP contribution < -0.4 is 91.6 Å². The number of nitrogens with one attached hydrogen (secondary N) is 18. The van der Waals surface area contributed by atoms with Gasteiger partial charge in [0.15, 0.2) is 0 Å². The van der Waals surface area contributed by atoms with Crippen molar-refractivity contribution in [3.8, 4) is 0 Å². The Balaban J connectivity index is 0.804. The van der Waals surface area contributed by atoms with Crippen molar-refractivity contribution < 1.29 is 91.1 Å². The van der Waals surface area contributed by atoms with Crippen molar-refractivity contribution in [1.82, 2.24) is 114 Å². The smallest absolute Gasteiger partial charge is 0.245 e. The fourth-order valence-corrected chi connectivity index (χ4v) is 12.8. The maximum absolute atomic E-state index is 14.5. The highest BCUT2D eigenvalue weighted by Crippen LogP contribution is 2.24. The van der Waals surface area contributed by atoms with Crippen molar-refractivity contribution >= 4 is 134 Å². The van der Waals surface area contributed by atoms with Crippen LogP contribution >= 0.6 is 0 Å². The summed E-state index contributed by atoms with van der Waals surface area (Å²) in [5.41, 5.74) is 19.2. The Hall–Kier alpha value is -14.1. The first-order valence-electron chi connectivity index (χ1n) is 36.9. The molecule has 8 rings (SSSR count). The van der Waals surface area contributed by atoms with Crippen LogP contribution in [-0.4, -0.2) is 266 Å². The highest BCUT2D eigenvalue weighted by molar-refractivity contribution is 6.00. The van der Waals surface area contributed by atoms with E-state index in [0.717, 1.165) is 4.90 Å². The highest BCUT2D eigenvalue weighted by atomic mass is 16.2. The van der Waals surface area contributed by atoms with Gasteiger partial charge in [-0.2, -0.15) is 0 Å². The van der Waals surface area contributed by atoms with Crippen LogP contribution in [0.5, 0.6) is 0 Å². The van der Waals surface area contributed by atoms with Crippen molar-refractivity contribution in [2.45, 2.75) is 132 Å². The number of amides is 19. The minimum atomic E-state index is -1.53. The molecule has 0 saturated carbocycles. The van der Waals surface area contributed by atoms with Gasteiger partial charge in [-0.1, -0.05) is 36.4 Å². The molecule has 19 amide bonds. The summed E-state index contributed by atoms with van der Waals surface area (Å²) in [6.07, 6.45) is 8.22. The lowest BCUT2D eigenvalue weighted by atomic mass is 10.0. The van der Waals surface area contributed by atoms with E-state index in [1.807, 2.05) is 0 Å². The average Bonchev–Trinajstić information content (AvgIpc) is 1.72. The van der Waals surface area contributed by atoms with Crippen molar-refractivity contribution in [1.29, 1.82) is 0 Å². The number of imidazole rings is 2. The van der Waals surface area contributed by atoms with Gasteiger partial charge >= 0.3 is 0 Å². The maximum atomic E-state index is 14.5. The van der Waals surface area contributed by atoms with Crippen LogP contribution in [-0.2, 0) is 117 Å². The number of likely N-dealkylation sites (tertiary alicyclic amines) is 2. The van der Waals surface area contributed by atoms with E-state index in [-0.39, 0.29) is 75.9 Å². The molecule has 116 heavy (non-hydrogen) atoms. The number of aromatic amines is 4. The minimum absolute atomic E-state index is 0.0470. The van der Waals surface area contributed by atoms with Gasteiger partial charge in [0, 0.05) is 105 Å². The highest BCUT2D eigenvalue weighted by Gasteiger charge is 2.40. The first kappa shape index (κ1) is 87.4. The number of carbonyl (C=O) groups is 19. The second-order valence-electron chi connectivity index (χ2n) is 27.2. The van der Waals surface area contributed by atoms with Gasteiger partial charge in [0.2, 0.25) is 112 Å². The molecule has 6 aromatic rings. The summed E-state index contributed by atoms with van der Waals surface area (Å²) in [6.45, 7) is -4.04. The molecule has 44 nitrogen and oxygen atoms in total. The summed E-state index contributed by atoms with van der Waals surface area (Å²) in [7, 11) is 0. The molecule has 4 aromatic heterocycles. The maximum Gasteiger partial charge on any atom is 0.245 e. The summed E-state index contributed by atoms with van der Waals surface area (Å²) in [5, 5.41) is 35.3. The lowest BCUT2D eigenvalue weighted by molar-refractivity contribution is -0.142. The number of primary amides is 3. The number of hydrogen-bond acceptors (Lipinski definition) is 21. The number of nitrogens with zero attached hydrogens (tertiary/aromatic N) is 4. The molecule has 44 heteroatoms. The number of benzene rings is 2. The third-order valence-corrected chi connectivity index (χ3v) is 18.6. The van der Waals surface area contributed by atoms with E-state index in [4.69, 9.17) is 17.2 Å². The van der Waals surface area contributed by atoms with Crippen molar-refractivity contribution in [3.05, 3.63) is 108 Å². The first-order chi connectivity index (χ1) is 55.5. The third kappa shape index (κ3) is 27.1. The molecule has 0 radical (unpaired) electrons. The van der Waals surface area contributed by atoms with Gasteiger partial charge in [-0.3, -0.25) is 91.1 Å². The second kappa shape index (κ2) is 43.1. The van der Waals surface area contributed by atoms with E-state index in [1.54, 1.807) is 60.9 Å². The SMILES string of the molecule is CC(=O)N1CCC[C@H]1C(=O)N[C@@H](Cc1c[nH]cn1)C(=O)NCC(=O)NCC(=O)NCC(=O)N[C@@H](Cc1c[nH]c2ccccc12)C(=O)NCC(=O)N[C@@H](CCC(N)=O)C(=O)N1CCC[C@H]1C(=O)N[C@@H](Cc1c[nH]cn1)C(=O)NCC(=O)NCC(=O)NCC(=O)N[C@@H](Cc1c[nH]c2ccccc12)C(=O)NCC(=O)N[C@@H](CCC(N)=O)C(N)=O. The Morgan fingerprint density at radius 2 is 0.741 bits per heavy atom. The van der Waals surface area contributed by atoms with Gasteiger partial charge in [-0.05, 0) is 61.8 Å². The molecule has 0 unspecified atom stereocenters. The molecule has 0 bridgehead atoms. The number of rotatable bonds is 44. The molecule has 2 fully saturated rings. The topological polar surface area (TPSA) is 666 Å². The van der Waals surface area contributed by atoms with Crippen LogP contribution in [0.25, 0.3) is 21.8 Å². The predicted molar refractivity (Wildman–Crippen MR) is 405 cm³/mol. The monoisotopic (exact) mass is 1610 g/mol. The standard InChI is InChI=1S/C72H93N25O19/c1-38(98)96-18-6-12-53(96)70(114)94-51(22-41-26-76-36-88-41)68(112)84-30-59(103)80-28-57(101)83-33-62(106)93-50(21-40-25-79-46-11-5-3-9-44(40)46)67(111)87-35-64(108)91-48(15-17-56(74)100)72(116)97-19-7-13-54(97)71(115)95-52(23-42-27-77-37-89-42)69(113)85-31-60(104)81-29-58(102)82-32-61(105)92-49(20-39-24-78-45-10-4-2-8-43(39)45)66(110)86-34-63(107)90-47(65(75)109)14-16-55(73)99/h2-5,8-11,24-27,36-37,47-54,78-79H,6-7,12-23,28-35H2,1H3,(H2,73,99)(H2,74,100)(H2,75,109)(H,76,88)(H,77,89)(H,80,103)(H,81,104)(H,82,102)(H,83,101)(H,84,112)(H,85,113)(H,86,110)(H,87,111)(H,90,107)(H,91,108)(H,92,105)(H,93,106)(H,94,114)(H,95,115)/t47-,48-,49-,50-,51-,52-,53-,54-/m0/s1.